The van der Waals surface area contributed by atoms with Crippen LogP contribution in [0.2, 0.25) is 0 Å². The van der Waals surface area contributed by atoms with Crippen LogP contribution in [0.15, 0.2) is 48.5 Å². The van der Waals surface area contributed by atoms with Crippen LogP contribution < -0.4 is 10.2 Å². The van der Waals surface area contributed by atoms with Crippen LogP contribution in [-0.4, -0.2) is 30.4 Å². The smallest absolute Gasteiger partial charge is 0.340 e. The molecule has 0 aliphatic carbocycles. The number of nitrogens with zero attached hydrogens (tertiary/aromatic N) is 1. The van der Waals surface area contributed by atoms with Gasteiger partial charge in [0, 0.05) is 5.69 Å². The lowest BCUT2D eigenvalue weighted by molar-refractivity contribution is -0.121. The maximum Gasteiger partial charge on any atom is 0.340 e. The fourth-order valence-electron chi connectivity index (χ4n) is 3.00. The van der Waals surface area contributed by atoms with Gasteiger partial charge in [-0.1, -0.05) is 30.3 Å². The van der Waals surface area contributed by atoms with Gasteiger partial charge in [0.1, 0.15) is 6.04 Å². The number of carbonyl (C=O) groups excluding carboxylic acids is 3. The van der Waals surface area contributed by atoms with Gasteiger partial charge in [0.05, 0.1) is 24.3 Å². The van der Waals surface area contributed by atoms with E-state index in [-0.39, 0.29) is 24.8 Å². The number of hydrogen-bond acceptors (Lipinski definition) is 5. The lowest BCUT2D eigenvalue weighted by atomic mass is 10.1. The third-order valence-corrected chi connectivity index (χ3v) is 4.26. The number of carbonyl (C=O) groups is 3. The van der Waals surface area contributed by atoms with Gasteiger partial charge in [0.2, 0.25) is 5.91 Å². The van der Waals surface area contributed by atoms with E-state index in [1.807, 2.05) is 19.1 Å². The molecule has 2 aromatic carbocycles. The average Bonchev–Trinajstić information content (AvgIpc) is 2.90. The van der Waals surface area contributed by atoms with Crippen molar-refractivity contribution in [3.8, 4) is 0 Å². The van der Waals surface area contributed by atoms with Crippen LogP contribution in [0.4, 0.5) is 11.4 Å². The highest BCUT2D eigenvalue weighted by atomic mass is 16.5. The molecule has 0 unspecified atom stereocenters. The molecular weight excluding hydrogens is 332 g/mol. The van der Waals surface area contributed by atoms with Gasteiger partial charge in [-0.05, 0) is 37.6 Å². The monoisotopic (exact) mass is 352 g/mol. The summed E-state index contributed by atoms with van der Waals surface area (Å²) in [5.41, 5.74) is 2.25. The van der Waals surface area contributed by atoms with E-state index in [9.17, 15) is 14.4 Å². The molecule has 26 heavy (non-hydrogen) atoms. The highest BCUT2D eigenvalue weighted by Gasteiger charge is 2.40. The molecule has 6 nitrogen and oxygen atoms in total. The van der Waals surface area contributed by atoms with Gasteiger partial charge >= 0.3 is 5.97 Å². The van der Waals surface area contributed by atoms with E-state index in [4.69, 9.17) is 4.74 Å². The van der Waals surface area contributed by atoms with Crippen molar-refractivity contribution in [2.45, 2.75) is 26.3 Å². The molecule has 2 amide bonds. The highest BCUT2D eigenvalue weighted by molar-refractivity contribution is 6.23. The topological polar surface area (TPSA) is 75.7 Å². The predicted octanol–water partition coefficient (Wildman–Crippen LogP) is 2.92. The van der Waals surface area contributed by atoms with Crippen molar-refractivity contribution in [1.29, 1.82) is 0 Å². The first-order valence-corrected chi connectivity index (χ1v) is 8.48. The van der Waals surface area contributed by atoms with Crippen LogP contribution in [0.25, 0.3) is 0 Å². The Kier molecular flexibility index (Phi) is 5.02. The van der Waals surface area contributed by atoms with Crippen LogP contribution in [0, 0.1) is 6.92 Å². The Bertz CT molecular complexity index is 862. The summed E-state index contributed by atoms with van der Waals surface area (Å²) in [5.74, 6) is -1.07. The summed E-state index contributed by atoms with van der Waals surface area (Å²) in [4.78, 5) is 38.5. The van der Waals surface area contributed by atoms with E-state index >= 15 is 0 Å². The Morgan fingerprint density at radius 1 is 1.15 bits per heavy atom. The molecule has 1 saturated heterocycles. The molecule has 2 aromatic rings. The molecule has 1 fully saturated rings. The number of nitrogens with one attached hydrogen (secondary N) is 1. The van der Waals surface area contributed by atoms with Crippen molar-refractivity contribution >= 4 is 29.2 Å². The first kappa shape index (κ1) is 17.7. The van der Waals surface area contributed by atoms with Gasteiger partial charge in [0.25, 0.3) is 5.91 Å². The van der Waals surface area contributed by atoms with Crippen LogP contribution in [0.1, 0.15) is 29.3 Å². The van der Waals surface area contributed by atoms with Gasteiger partial charge < -0.3 is 10.1 Å². The minimum atomic E-state index is -0.724. The average molecular weight is 352 g/mol. The zero-order valence-corrected chi connectivity index (χ0v) is 14.7. The number of anilines is 2. The van der Waals surface area contributed by atoms with Crippen molar-refractivity contribution < 1.29 is 19.1 Å². The van der Waals surface area contributed by atoms with Gasteiger partial charge in [0.15, 0.2) is 0 Å². The molecule has 1 aliphatic rings. The van der Waals surface area contributed by atoms with Gasteiger partial charge in [-0.15, -0.1) is 0 Å². The van der Waals surface area contributed by atoms with E-state index in [1.165, 1.54) is 4.90 Å². The van der Waals surface area contributed by atoms with Crippen LogP contribution in [-0.2, 0) is 14.3 Å². The quantitative estimate of drug-likeness (QED) is 0.661. The molecule has 1 atom stereocenters. The number of ether oxygens (including phenoxy) is 1. The van der Waals surface area contributed by atoms with Gasteiger partial charge in [-0.2, -0.15) is 0 Å². The third-order valence-electron chi connectivity index (χ3n) is 4.26. The molecule has 3 rings (SSSR count). The standard InChI is InChI=1S/C20H20N2O4/c1-3-26-20(25)14-9-5-6-10-15(14)21-16-12-18(23)22(19(16)24)17-11-7-4-8-13(17)2/h4-11,16,21H,3,12H2,1-2H3/t16-/m1/s1. The summed E-state index contributed by atoms with van der Waals surface area (Å²) >= 11 is 0. The van der Waals surface area contributed by atoms with Crippen molar-refractivity contribution in [3.05, 3.63) is 59.7 Å². The Hall–Kier alpha value is -3.15. The second kappa shape index (κ2) is 7.39. The summed E-state index contributed by atoms with van der Waals surface area (Å²) < 4.78 is 5.05. The van der Waals surface area contributed by atoms with Crippen molar-refractivity contribution in [2.24, 2.45) is 0 Å². The lowest BCUT2D eigenvalue weighted by Crippen LogP contribution is -2.35. The second-order valence-electron chi connectivity index (χ2n) is 6.02. The maximum atomic E-state index is 12.8. The van der Waals surface area contributed by atoms with Crippen molar-refractivity contribution in [3.63, 3.8) is 0 Å². The SMILES string of the molecule is CCOC(=O)c1ccccc1N[C@@H]1CC(=O)N(c2ccccc2C)C1=O. The van der Waals surface area contributed by atoms with Crippen LogP contribution >= 0.6 is 0 Å². The lowest BCUT2D eigenvalue weighted by Gasteiger charge is -2.18. The second-order valence-corrected chi connectivity index (χ2v) is 6.02. The van der Waals surface area contributed by atoms with E-state index < -0.39 is 12.0 Å². The Balaban J connectivity index is 1.85. The molecule has 1 heterocycles. The Labute approximate surface area is 151 Å². The zero-order chi connectivity index (χ0) is 18.7. The number of hydrogen-bond donors (Lipinski definition) is 1. The number of aryl methyl sites for hydroxylation is 1. The molecule has 0 spiro atoms. The Morgan fingerprint density at radius 3 is 2.58 bits per heavy atom. The summed E-state index contributed by atoms with van der Waals surface area (Å²) in [7, 11) is 0. The fourth-order valence-corrected chi connectivity index (χ4v) is 3.00. The highest BCUT2D eigenvalue weighted by Crippen LogP contribution is 2.28. The molecular formula is C20H20N2O4. The number of imide groups is 1. The number of rotatable bonds is 5. The molecule has 0 bridgehead atoms. The summed E-state index contributed by atoms with van der Waals surface area (Å²) in [6.07, 6.45) is 0.0321. The summed E-state index contributed by atoms with van der Waals surface area (Å²) in [5, 5.41) is 3.04. The number of esters is 1. The van der Waals surface area contributed by atoms with Gasteiger partial charge in [-0.25, -0.2) is 9.69 Å². The van der Waals surface area contributed by atoms with Crippen molar-refractivity contribution in [2.75, 3.05) is 16.8 Å². The number of amides is 2. The summed E-state index contributed by atoms with van der Waals surface area (Å²) in [6, 6.07) is 13.3. The zero-order valence-electron chi connectivity index (χ0n) is 14.7. The van der Waals surface area contributed by atoms with E-state index in [1.54, 1.807) is 43.3 Å². The molecule has 0 saturated carbocycles. The minimum Gasteiger partial charge on any atom is -0.462 e. The first-order chi connectivity index (χ1) is 12.5. The molecule has 1 aliphatic heterocycles. The molecule has 0 aromatic heterocycles. The Morgan fingerprint density at radius 2 is 1.85 bits per heavy atom. The number of benzene rings is 2. The molecule has 0 radical (unpaired) electrons. The van der Waals surface area contributed by atoms with E-state index in [2.05, 4.69) is 5.32 Å². The maximum absolute atomic E-state index is 12.8. The number of para-hydroxylation sites is 2. The van der Waals surface area contributed by atoms with E-state index in [0.29, 0.717) is 16.9 Å². The fraction of sp³-hybridized carbons (Fsp3) is 0.250. The normalized spacial score (nSPS) is 16.7. The third kappa shape index (κ3) is 3.31. The summed E-state index contributed by atoms with van der Waals surface area (Å²) in [6.45, 7) is 3.84. The molecule has 134 valence electrons. The van der Waals surface area contributed by atoms with Gasteiger partial charge in [-0.3, -0.25) is 9.59 Å². The van der Waals surface area contributed by atoms with E-state index in [0.717, 1.165) is 5.56 Å². The van der Waals surface area contributed by atoms with Crippen LogP contribution in [0.5, 0.6) is 0 Å². The molecule has 6 heteroatoms. The van der Waals surface area contributed by atoms with Crippen LogP contribution in [0.3, 0.4) is 0 Å². The van der Waals surface area contributed by atoms with Crippen molar-refractivity contribution in [1.82, 2.24) is 0 Å². The minimum absolute atomic E-state index is 0.0321. The largest absolute Gasteiger partial charge is 0.462 e. The molecule has 1 N–H and O–H groups in total. The first-order valence-electron chi connectivity index (χ1n) is 8.48. The predicted molar refractivity (Wildman–Crippen MR) is 98.1 cm³/mol.